The largest absolute Gasteiger partial charge is 0.343 e. The van der Waals surface area contributed by atoms with Gasteiger partial charge < -0.3 is 14.7 Å². The molecule has 2 saturated carbocycles. The molecule has 0 N–H and O–H groups in total. The molecular formula is C29H49N3O2. The average molecular weight is 472 g/mol. The van der Waals surface area contributed by atoms with Gasteiger partial charge in [0.25, 0.3) is 0 Å². The van der Waals surface area contributed by atoms with Crippen molar-refractivity contribution in [2.45, 2.75) is 102 Å². The quantitative estimate of drug-likeness (QED) is 0.496. The van der Waals surface area contributed by atoms with Crippen LogP contribution in [0.5, 0.6) is 0 Å². The van der Waals surface area contributed by atoms with E-state index >= 15 is 0 Å². The number of carbonyl (C=O) groups excluding carboxylic acids is 2. The predicted molar refractivity (Wildman–Crippen MR) is 142 cm³/mol. The van der Waals surface area contributed by atoms with Gasteiger partial charge in [-0.05, 0) is 72.4 Å². The maximum Gasteiger partial charge on any atom is 0.222 e. The fourth-order valence-electron chi connectivity index (χ4n) is 4.37. The van der Waals surface area contributed by atoms with E-state index in [0.717, 1.165) is 45.3 Å². The standard InChI is InChI=1S/C12H24N2O.C7H11NO.C6H6.C4H8/c1-11(13(2)3)7-6-8-12(15)14-9-4-5-10-14;9-6-8-5-1-2-7(8)3-4-7;1-2-4-6-5-3-1;1-2-4-3-1/h11H,4-10H2,1-3H3;6H,1-5H2;1-6H;1-4H2. The Balaban J connectivity index is 0.000000179. The SMILES string of the molecule is C1CCC1.CC(CCCC(=O)N1CCCC1)N(C)C.O=CN1CCCC12CC2.c1ccccc1. The Morgan fingerprint density at radius 1 is 0.853 bits per heavy atom. The van der Waals surface area contributed by atoms with E-state index in [0.29, 0.717) is 17.5 Å². The summed E-state index contributed by atoms with van der Waals surface area (Å²) in [5.41, 5.74) is 0.377. The van der Waals surface area contributed by atoms with E-state index in [1.807, 2.05) is 46.2 Å². The predicted octanol–water partition coefficient (Wildman–Crippen LogP) is 5.75. The molecule has 0 bridgehead atoms. The van der Waals surface area contributed by atoms with Crippen molar-refractivity contribution in [3.8, 4) is 0 Å². The average Bonchev–Trinajstić information content (AvgIpc) is 3.21. The third kappa shape index (κ3) is 10.6. The Morgan fingerprint density at radius 2 is 1.38 bits per heavy atom. The Hall–Kier alpha value is -1.88. The zero-order valence-corrected chi connectivity index (χ0v) is 22.1. The number of amides is 2. The van der Waals surface area contributed by atoms with Crippen molar-refractivity contribution < 1.29 is 9.59 Å². The molecule has 1 spiro atoms. The molecule has 2 heterocycles. The zero-order chi connectivity index (χ0) is 24.7. The topological polar surface area (TPSA) is 43.9 Å². The zero-order valence-electron chi connectivity index (χ0n) is 22.1. The molecule has 2 aliphatic heterocycles. The van der Waals surface area contributed by atoms with Gasteiger partial charge in [0.05, 0.1) is 0 Å². The molecule has 34 heavy (non-hydrogen) atoms. The minimum atomic E-state index is 0.360. The number of hydrogen-bond donors (Lipinski definition) is 0. The second-order valence-electron chi connectivity index (χ2n) is 10.5. The normalized spacial score (nSPS) is 20.1. The third-order valence-corrected chi connectivity index (χ3v) is 7.62. The molecular weight excluding hydrogens is 422 g/mol. The number of hydrogen-bond acceptors (Lipinski definition) is 3. The number of rotatable bonds is 6. The highest BCUT2D eigenvalue weighted by molar-refractivity contribution is 5.76. The monoisotopic (exact) mass is 471 g/mol. The van der Waals surface area contributed by atoms with Gasteiger partial charge in [-0.25, -0.2) is 0 Å². The van der Waals surface area contributed by atoms with E-state index in [-0.39, 0.29) is 0 Å². The van der Waals surface area contributed by atoms with Gasteiger partial charge in [0.1, 0.15) is 0 Å². The minimum Gasteiger partial charge on any atom is -0.343 e. The Kier molecular flexibility index (Phi) is 13.3. The van der Waals surface area contributed by atoms with E-state index < -0.39 is 0 Å². The van der Waals surface area contributed by atoms with Crippen molar-refractivity contribution in [3.05, 3.63) is 36.4 Å². The van der Waals surface area contributed by atoms with Gasteiger partial charge in [0.15, 0.2) is 0 Å². The van der Waals surface area contributed by atoms with Crippen LogP contribution in [0, 0.1) is 0 Å². The van der Waals surface area contributed by atoms with Gasteiger partial charge in [-0.15, -0.1) is 0 Å². The van der Waals surface area contributed by atoms with Crippen LogP contribution in [0.3, 0.4) is 0 Å². The van der Waals surface area contributed by atoms with Gasteiger partial charge in [0, 0.05) is 37.6 Å². The summed E-state index contributed by atoms with van der Waals surface area (Å²) in [6.45, 7) is 5.19. The van der Waals surface area contributed by atoms with Crippen LogP contribution in [-0.4, -0.2) is 72.3 Å². The summed E-state index contributed by atoms with van der Waals surface area (Å²) < 4.78 is 0. The number of likely N-dealkylation sites (tertiary alicyclic amines) is 2. The maximum atomic E-state index is 11.7. The van der Waals surface area contributed by atoms with Gasteiger partial charge in [-0.2, -0.15) is 0 Å². The van der Waals surface area contributed by atoms with Crippen LogP contribution in [0.2, 0.25) is 0 Å². The lowest BCUT2D eigenvalue weighted by Gasteiger charge is -2.20. The molecule has 5 rings (SSSR count). The molecule has 192 valence electrons. The highest BCUT2D eigenvalue weighted by Crippen LogP contribution is 2.48. The third-order valence-electron chi connectivity index (χ3n) is 7.62. The van der Waals surface area contributed by atoms with E-state index in [2.05, 4.69) is 25.9 Å². The van der Waals surface area contributed by atoms with Crippen LogP contribution in [0.25, 0.3) is 0 Å². The molecule has 2 aliphatic carbocycles. The lowest BCUT2D eigenvalue weighted by Crippen LogP contribution is -2.29. The molecule has 1 unspecified atom stereocenters. The molecule has 2 saturated heterocycles. The molecule has 1 atom stereocenters. The van der Waals surface area contributed by atoms with Crippen LogP contribution in [0.4, 0.5) is 0 Å². The molecule has 5 heteroatoms. The fraction of sp³-hybridized carbons (Fsp3) is 0.724. The lowest BCUT2D eigenvalue weighted by molar-refractivity contribution is -0.130. The highest BCUT2D eigenvalue weighted by Gasteiger charge is 2.50. The maximum absolute atomic E-state index is 11.7. The minimum absolute atomic E-state index is 0.360. The first-order chi connectivity index (χ1) is 16.5. The molecule has 1 aromatic carbocycles. The van der Waals surface area contributed by atoms with Crippen molar-refractivity contribution >= 4 is 12.3 Å². The second-order valence-corrected chi connectivity index (χ2v) is 10.5. The Labute approximate surface area is 208 Å². The molecule has 2 amide bonds. The number of carbonyl (C=O) groups is 2. The van der Waals surface area contributed by atoms with Crippen molar-refractivity contribution in [2.24, 2.45) is 0 Å². The van der Waals surface area contributed by atoms with Gasteiger partial charge in [0.2, 0.25) is 12.3 Å². The fourth-order valence-corrected chi connectivity index (χ4v) is 4.37. The van der Waals surface area contributed by atoms with Crippen LogP contribution in [0.15, 0.2) is 36.4 Å². The number of benzene rings is 1. The first kappa shape index (κ1) is 28.4. The van der Waals surface area contributed by atoms with Crippen molar-refractivity contribution in [1.29, 1.82) is 0 Å². The Morgan fingerprint density at radius 3 is 1.76 bits per heavy atom. The van der Waals surface area contributed by atoms with E-state index in [9.17, 15) is 9.59 Å². The summed E-state index contributed by atoms with van der Waals surface area (Å²) in [6.07, 6.45) is 17.3. The smallest absolute Gasteiger partial charge is 0.222 e. The van der Waals surface area contributed by atoms with E-state index in [4.69, 9.17) is 0 Å². The van der Waals surface area contributed by atoms with E-state index in [1.54, 1.807) is 0 Å². The van der Waals surface area contributed by atoms with Gasteiger partial charge in [-0.3, -0.25) is 9.59 Å². The highest BCUT2D eigenvalue weighted by atomic mass is 16.2. The summed E-state index contributed by atoms with van der Waals surface area (Å²) >= 11 is 0. The van der Waals surface area contributed by atoms with Crippen LogP contribution < -0.4 is 0 Å². The van der Waals surface area contributed by atoms with Crippen LogP contribution in [0.1, 0.15) is 90.4 Å². The van der Waals surface area contributed by atoms with Gasteiger partial charge >= 0.3 is 0 Å². The second kappa shape index (κ2) is 15.9. The molecule has 4 aliphatic rings. The molecule has 4 fully saturated rings. The van der Waals surface area contributed by atoms with Crippen molar-refractivity contribution in [1.82, 2.24) is 14.7 Å². The summed E-state index contributed by atoms with van der Waals surface area (Å²) in [6, 6.07) is 12.6. The van der Waals surface area contributed by atoms with Crippen LogP contribution >= 0.6 is 0 Å². The van der Waals surface area contributed by atoms with Crippen molar-refractivity contribution in [2.75, 3.05) is 33.7 Å². The van der Waals surface area contributed by atoms with E-state index in [1.165, 1.54) is 64.2 Å². The van der Waals surface area contributed by atoms with Crippen LogP contribution in [-0.2, 0) is 9.59 Å². The summed E-state index contributed by atoms with van der Waals surface area (Å²) in [4.78, 5) is 28.3. The number of nitrogens with zero attached hydrogens (tertiary/aromatic N) is 3. The summed E-state index contributed by atoms with van der Waals surface area (Å²) in [7, 11) is 4.18. The lowest BCUT2D eigenvalue weighted by atomic mass is 10.0. The molecule has 0 radical (unpaired) electrons. The van der Waals surface area contributed by atoms with Crippen molar-refractivity contribution in [3.63, 3.8) is 0 Å². The first-order valence-electron chi connectivity index (χ1n) is 13.6. The molecule has 5 nitrogen and oxygen atoms in total. The summed E-state index contributed by atoms with van der Waals surface area (Å²) in [5.74, 6) is 0.360. The Bertz CT molecular complexity index is 635. The molecule has 0 aromatic heterocycles. The van der Waals surface area contributed by atoms with Gasteiger partial charge in [-0.1, -0.05) is 62.1 Å². The summed E-state index contributed by atoms with van der Waals surface area (Å²) in [5, 5.41) is 0. The first-order valence-corrected chi connectivity index (χ1v) is 13.6. The molecule has 1 aromatic rings.